The highest BCUT2D eigenvalue weighted by atomic mass is 16.6. The highest BCUT2D eigenvalue weighted by molar-refractivity contribution is 5.71. The third-order valence-electron chi connectivity index (χ3n) is 14.3. The third kappa shape index (κ3) is 56.9. The van der Waals surface area contributed by atoms with E-state index in [0.717, 1.165) is 64.2 Å². The Hall–Kier alpha value is -1.85. The van der Waals surface area contributed by atoms with E-state index >= 15 is 0 Å². The normalized spacial score (nSPS) is 12.0. The van der Waals surface area contributed by atoms with Crippen LogP contribution in [-0.4, -0.2) is 37.2 Å². The highest BCUT2D eigenvalue weighted by Gasteiger charge is 2.19. The van der Waals surface area contributed by atoms with Gasteiger partial charge in [-0.1, -0.05) is 303 Å². The maximum atomic E-state index is 12.8. The molecule has 0 fully saturated rings. The van der Waals surface area contributed by atoms with Gasteiger partial charge in [0.05, 0.1) is 0 Å². The fourth-order valence-corrected chi connectivity index (χ4v) is 9.56. The number of carbonyl (C=O) groups is 3. The van der Waals surface area contributed by atoms with Crippen LogP contribution in [0.5, 0.6) is 0 Å². The summed E-state index contributed by atoms with van der Waals surface area (Å²) in [6.45, 7) is 6.68. The summed E-state index contributed by atoms with van der Waals surface area (Å²) in [5.41, 5.74) is 0. The van der Waals surface area contributed by atoms with Crippen molar-refractivity contribution in [1.82, 2.24) is 0 Å². The topological polar surface area (TPSA) is 78.9 Å². The molecule has 6 nitrogen and oxygen atoms in total. The van der Waals surface area contributed by atoms with Crippen LogP contribution < -0.4 is 0 Å². The van der Waals surface area contributed by atoms with E-state index in [2.05, 4.69) is 32.9 Å². The summed E-state index contributed by atoms with van der Waals surface area (Å²) in [6, 6.07) is 0. The number of rotatable bonds is 58. The minimum Gasteiger partial charge on any atom is -0.462 e. The molecule has 0 aliphatic heterocycles. The van der Waals surface area contributed by atoms with Gasteiger partial charge in [-0.3, -0.25) is 14.4 Å². The Kier molecular flexibility index (Phi) is 57.1. The fourth-order valence-electron chi connectivity index (χ4n) is 9.56. The summed E-state index contributed by atoms with van der Waals surface area (Å²) in [7, 11) is 0. The van der Waals surface area contributed by atoms with E-state index in [4.69, 9.17) is 14.2 Å². The SMILES string of the molecule is CCCCCCC/C=C\CCCCCCCC(=O)OC(COC(=O)CCCCCCCCCCCCC)COC(=O)CCCCCCCCCCCCCCCCCCCCCCCCCCCC. The third-order valence-corrected chi connectivity index (χ3v) is 14.3. The molecule has 408 valence electrons. The van der Waals surface area contributed by atoms with Crippen LogP contribution in [0.25, 0.3) is 0 Å². The van der Waals surface area contributed by atoms with Crippen LogP contribution in [0.15, 0.2) is 12.2 Å². The lowest BCUT2D eigenvalue weighted by molar-refractivity contribution is -0.167. The average Bonchev–Trinajstić information content (AvgIpc) is 3.35. The smallest absolute Gasteiger partial charge is 0.306 e. The molecule has 0 radical (unpaired) electrons. The zero-order valence-corrected chi connectivity index (χ0v) is 46.9. The van der Waals surface area contributed by atoms with Crippen molar-refractivity contribution in [2.45, 2.75) is 361 Å². The molecule has 0 aliphatic carbocycles. The Morgan fingerprint density at radius 3 is 0.725 bits per heavy atom. The maximum Gasteiger partial charge on any atom is 0.306 e. The molecule has 0 N–H and O–H groups in total. The van der Waals surface area contributed by atoms with Crippen molar-refractivity contribution in [2.75, 3.05) is 13.2 Å². The molecule has 1 atom stereocenters. The van der Waals surface area contributed by atoms with Crippen LogP contribution in [0, 0.1) is 0 Å². The second-order valence-electron chi connectivity index (χ2n) is 21.3. The molecule has 0 rings (SSSR count). The molecule has 0 aromatic rings. The Balaban J connectivity index is 4.13. The van der Waals surface area contributed by atoms with E-state index in [9.17, 15) is 14.4 Å². The lowest BCUT2D eigenvalue weighted by atomic mass is 10.0. The van der Waals surface area contributed by atoms with Gasteiger partial charge in [0, 0.05) is 19.3 Å². The average molecular weight is 974 g/mol. The van der Waals surface area contributed by atoms with Crippen molar-refractivity contribution in [3.05, 3.63) is 12.2 Å². The van der Waals surface area contributed by atoms with E-state index in [1.165, 1.54) is 250 Å². The van der Waals surface area contributed by atoms with Crippen molar-refractivity contribution in [3.8, 4) is 0 Å². The summed E-state index contributed by atoms with van der Waals surface area (Å²) < 4.78 is 16.9. The van der Waals surface area contributed by atoms with Gasteiger partial charge in [0.2, 0.25) is 0 Å². The lowest BCUT2D eigenvalue weighted by Gasteiger charge is -2.18. The monoisotopic (exact) mass is 973 g/mol. The van der Waals surface area contributed by atoms with Crippen molar-refractivity contribution < 1.29 is 28.6 Å². The number of carbonyl (C=O) groups excluding carboxylic acids is 3. The molecule has 0 heterocycles. The largest absolute Gasteiger partial charge is 0.462 e. The summed E-state index contributed by atoms with van der Waals surface area (Å²) in [5.74, 6) is -0.852. The molecule has 0 saturated heterocycles. The van der Waals surface area contributed by atoms with E-state index < -0.39 is 6.10 Å². The number of unbranched alkanes of at least 4 members (excludes halogenated alkanes) is 45. The number of allylic oxidation sites excluding steroid dienone is 2. The van der Waals surface area contributed by atoms with Crippen LogP contribution in [0.4, 0.5) is 0 Å². The molecule has 69 heavy (non-hydrogen) atoms. The predicted octanol–water partition coefficient (Wildman–Crippen LogP) is 20.9. The Morgan fingerprint density at radius 2 is 0.478 bits per heavy atom. The molecule has 0 bridgehead atoms. The van der Waals surface area contributed by atoms with Crippen LogP contribution in [0.1, 0.15) is 355 Å². The minimum absolute atomic E-state index is 0.0674. The maximum absolute atomic E-state index is 12.8. The molecular formula is C63H120O6. The van der Waals surface area contributed by atoms with Crippen LogP contribution in [0.2, 0.25) is 0 Å². The van der Waals surface area contributed by atoms with Gasteiger partial charge in [0.15, 0.2) is 6.10 Å². The first kappa shape index (κ1) is 67.1. The number of esters is 3. The standard InChI is InChI=1S/C63H120O6/c1-4-7-10-13-16-19-22-24-26-27-28-29-30-31-32-33-34-35-36-37-39-41-44-47-50-53-56-62(65)68-59-60(58-67-61(64)55-52-49-46-43-40-21-18-15-12-9-6-3)69-63(66)57-54-51-48-45-42-38-25-23-20-17-14-11-8-5-2/h23,25,60H,4-22,24,26-59H2,1-3H3/b25-23-. The molecule has 1 unspecified atom stereocenters. The molecule has 0 amide bonds. The van der Waals surface area contributed by atoms with Gasteiger partial charge in [-0.15, -0.1) is 0 Å². The zero-order valence-electron chi connectivity index (χ0n) is 46.9. The highest BCUT2D eigenvalue weighted by Crippen LogP contribution is 2.18. The van der Waals surface area contributed by atoms with Gasteiger partial charge in [-0.2, -0.15) is 0 Å². The molecular weight excluding hydrogens is 853 g/mol. The first-order chi connectivity index (χ1) is 34.0. The molecule has 0 saturated carbocycles. The molecule has 0 spiro atoms. The second kappa shape index (κ2) is 58.7. The second-order valence-corrected chi connectivity index (χ2v) is 21.3. The zero-order chi connectivity index (χ0) is 50.0. The predicted molar refractivity (Wildman–Crippen MR) is 298 cm³/mol. The number of hydrogen-bond acceptors (Lipinski definition) is 6. The van der Waals surface area contributed by atoms with Crippen LogP contribution in [-0.2, 0) is 28.6 Å². The van der Waals surface area contributed by atoms with Gasteiger partial charge in [0.25, 0.3) is 0 Å². The lowest BCUT2D eigenvalue weighted by Crippen LogP contribution is -2.30. The van der Waals surface area contributed by atoms with E-state index in [-0.39, 0.29) is 31.1 Å². The molecule has 6 heteroatoms. The van der Waals surface area contributed by atoms with Crippen molar-refractivity contribution >= 4 is 17.9 Å². The Labute approximate surface area is 431 Å². The van der Waals surface area contributed by atoms with E-state index in [1.807, 2.05) is 0 Å². The van der Waals surface area contributed by atoms with Crippen LogP contribution >= 0.6 is 0 Å². The van der Waals surface area contributed by atoms with Gasteiger partial charge in [-0.05, 0) is 44.9 Å². The number of ether oxygens (including phenoxy) is 3. The Bertz CT molecular complexity index is 1070. The van der Waals surface area contributed by atoms with Crippen LogP contribution in [0.3, 0.4) is 0 Å². The van der Waals surface area contributed by atoms with Gasteiger partial charge in [0.1, 0.15) is 13.2 Å². The minimum atomic E-state index is -0.768. The molecule has 0 aliphatic rings. The summed E-state index contributed by atoms with van der Waals surface area (Å²) in [4.78, 5) is 38.1. The van der Waals surface area contributed by atoms with Gasteiger partial charge in [-0.25, -0.2) is 0 Å². The van der Waals surface area contributed by atoms with Gasteiger partial charge >= 0.3 is 17.9 Å². The molecule has 0 aromatic heterocycles. The van der Waals surface area contributed by atoms with Gasteiger partial charge < -0.3 is 14.2 Å². The first-order valence-corrected chi connectivity index (χ1v) is 31.2. The van der Waals surface area contributed by atoms with Crippen molar-refractivity contribution in [1.29, 1.82) is 0 Å². The number of hydrogen-bond donors (Lipinski definition) is 0. The van der Waals surface area contributed by atoms with Crippen molar-refractivity contribution in [2.24, 2.45) is 0 Å². The fraction of sp³-hybridized carbons (Fsp3) is 0.921. The Morgan fingerprint density at radius 1 is 0.275 bits per heavy atom. The quantitative estimate of drug-likeness (QED) is 0.0261. The first-order valence-electron chi connectivity index (χ1n) is 31.2. The summed E-state index contributed by atoms with van der Waals surface area (Å²) in [5, 5.41) is 0. The summed E-state index contributed by atoms with van der Waals surface area (Å²) >= 11 is 0. The summed E-state index contributed by atoms with van der Waals surface area (Å²) in [6.07, 6.45) is 68.0. The molecule has 0 aromatic carbocycles. The van der Waals surface area contributed by atoms with E-state index in [1.54, 1.807) is 0 Å². The van der Waals surface area contributed by atoms with E-state index in [0.29, 0.717) is 19.3 Å². The van der Waals surface area contributed by atoms with Crippen molar-refractivity contribution in [3.63, 3.8) is 0 Å².